The highest BCUT2D eigenvalue weighted by Crippen LogP contribution is 2.17. The Morgan fingerprint density at radius 1 is 1.37 bits per heavy atom. The van der Waals surface area contributed by atoms with Crippen LogP contribution in [0.3, 0.4) is 0 Å². The van der Waals surface area contributed by atoms with Gasteiger partial charge in [-0.3, -0.25) is 4.79 Å². The van der Waals surface area contributed by atoms with Crippen molar-refractivity contribution < 1.29 is 4.79 Å². The number of carbonyl (C=O) groups is 1. The van der Waals surface area contributed by atoms with Gasteiger partial charge in [-0.15, -0.1) is 0 Å². The number of imidazole rings is 1. The van der Waals surface area contributed by atoms with Crippen molar-refractivity contribution in [1.82, 2.24) is 14.5 Å². The molecule has 1 aromatic carbocycles. The second-order valence-corrected chi connectivity index (χ2v) is 5.52. The van der Waals surface area contributed by atoms with Gasteiger partial charge in [0.05, 0.1) is 17.4 Å². The van der Waals surface area contributed by atoms with Crippen molar-refractivity contribution in [3.05, 3.63) is 30.1 Å². The van der Waals surface area contributed by atoms with Gasteiger partial charge in [0.15, 0.2) is 0 Å². The van der Waals surface area contributed by atoms with Gasteiger partial charge in [-0.25, -0.2) is 4.98 Å². The summed E-state index contributed by atoms with van der Waals surface area (Å²) in [5, 5.41) is 0. The van der Waals surface area contributed by atoms with Gasteiger partial charge in [-0.2, -0.15) is 0 Å². The Kier molecular flexibility index (Phi) is 3.88. The maximum Gasteiger partial charge on any atom is 0.253 e. The van der Waals surface area contributed by atoms with Crippen LogP contribution in [0, 0.1) is 5.92 Å². The third-order valence-corrected chi connectivity index (χ3v) is 3.22. The topological polar surface area (TPSA) is 38.1 Å². The van der Waals surface area contributed by atoms with Gasteiger partial charge >= 0.3 is 0 Å². The molecule has 0 spiro atoms. The van der Waals surface area contributed by atoms with E-state index in [2.05, 4.69) is 23.4 Å². The second-order valence-electron chi connectivity index (χ2n) is 5.52. The number of aromatic nitrogens is 2. The molecule has 0 N–H and O–H groups in total. The first-order chi connectivity index (χ1) is 8.99. The van der Waals surface area contributed by atoms with Gasteiger partial charge in [0.1, 0.15) is 0 Å². The van der Waals surface area contributed by atoms with E-state index in [0.717, 1.165) is 24.0 Å². The highest BCUT2D eigenvalue weighted by atomic mass is 16.2. The lowest BCUT2D eigenvalue weighted by molar-refractivity contribution is 0.0828. The van der Waals surface area contributed by atoms with Gasteiger partial charge in [-0.05, 0) is 30.5 Å². The van der Waals surface area contributed by atoms with Gasteiger partial charge in [-0.1, -0.05) is 13.8 Å². The molecule has 2 aromatic rings. The lowest BCUT2D eigenvalue weighted by Crippen LogP contribution is -2.21. The molecule has 0 bridgehead atoms. The average Bonchev–Trinajstić information content (AvgIpc) is 2.77. The van der Waals surface area contributed by atoms with Crippen LogP contribution in [0.5, 0.6) is 0 Å². The molecule has 102 valence electrons. The maximum absolute atomic E-state index is 11.9. The molecule has 2 rings (SSSR count). The molecule has 0 saturated heterocycles. The molecule has 0 saturated carbocycles. The van der Waals surface area contributed by atoms with Crippen molar-refractivity contribution >= 4 is 16.9 Å². The first kappa shape index (κ1) is 13.6. The van der Waals surface area contributed by atoms with E-state index in [1.54, 1.807) is 19.0 Å². The molecule has 4 heteroatoms. The van der Waals surface area contributed by atoms with Crippen LogP contribution in [-0.2, 0) is 6.54 Å². The predicted molar refractivity (Wildman–Crippen MR) is 77.2 cm³/mol. The van der Waals surface area contributed by atoms with Crippen LogP contribution in [-0.4, -0.2) is 34.5 Å². The normalized spacial score (nSPS) is 11.2. The first-order valence-corrected chi connectivity index (χ1v) is 6.65. The molecular weight excluding hydrogens is 238 g/mol. The zero-order chi connectivity index (χ0) is 14.0. The highest BCUT2D eigenvalue weighted by Gasteiger charge is 2.10. The minimum absolute atomic E-state index is 0.0126. The average molecular weight is 259 g/mol. The number of hydrogen-bond donors (Lipinski definition) is 0. The predicted octanol–water partition coefficient (Wildman–Crippen LogP) is 2.78. The van der Waals surface area contributed by atoms with Gasteiger partial charge in [0, 0.05) is 26.2 Å². The Labute approximate surface area is 114 Å². The van der Waals surface area contributed by atoms with Crippen molar-refractivity contribution in [3.8, 4) is 0 Å². The summed E-state index contributed by atoms with van der Waals surface area (Å²) < 4.78 is 2.15. The number of hydrogen-bond acceptors (Lipinski definition) is 2. The summed E-state index contributed by atoms with van der Waals surface area (Å²) in [6.07, 6.45) is 2.99. The molecule has 0 radical (unpaired) electrons. The molecule has 1 amide bonds. The lowest BCUT2D eigenvalue weighted by Gasteiger charge is -2.10. The summed E-state index contributed by atoms with van der Waals surface area (Å²) >= 11 is 0. The van der Waals surface area contributed by atoms with E-state index in [-0.39, 0.29) is 5.91 Å². The van der Waals surface area contributed by atoms with Crippen LogP contribution in [0.1, 0.15) is 30.6 Å². The van der Waals surface area contributed by atoms with Crippen molar-refractivity contribution in [1.29, 1.82) is 0 Å². The molecule has 0 atom stereocenters. The Morgan fingerprint density at radius 3 is 2.74 bits per heavy atom. The Balaban J connectivity index is 2.29. The van der Waals surface area contributed by atoms with Crippen LogP contribution >= 0.6 is 0 Å². The monoisotopic (exact) mass is 259 g/mol. The molecule has 1 heterocycles. The molecule has 0 aliphatic carbocycles. The largest absolute Gasteiger partial charge is 0.345 e. The molecule has 0 aliphatic heterocycles. The van der Waals surface area contributed by atoms with Crippen molar-refractivity contribution in [2.45, 2.75) is 26.8 Å². The van der Waals surface area contributed by atoms with Crippen molar-refractivity contribution in [2.75, 3.05) is 14.1 Å². The van der Waals surface area contributed by atoms with E-state index >= 15 is 0 Å². The number of nitrogens with zero attached hydrogens (tertiary/aromatic N) is 3. The Bertz CT molecular complexity index is 584. The molecule has 0 aliphatic rings. The van der Waals surface area contributed by atoms with E-state index in [1.165, 1.54) is 0 Å². The fraction of sp³-hybridized carbons (Fsp3) is 0.467. The number of amides is 1. The zero-order valence-corrected chi connectivity index (χ0v) is 12.1. The fourth-order valence-electron chi connectivity index (χ4n) is 2.03. The van der Waals surface area contributed by atoms with Crippen LogP contribution in [0.15, 0.2) is 24.5 Å². The molecular formula is C15H21N3O. The summed E-state index contributed by atoms with van der Waals surface area (Å²) in [6.45, 7) is 5.40. The van der Waals surface area contributed by atoms with Crippen LogP contribution < -0.4 is 0 Å². The van der Waals surface area contributed by atoms with E-state index in [9.17, 15) is 4.79 Å². The Morgan fingerprint density at radius 2 is 2.11 bits per heavy atom. The third kappa shape index (κ3) is 2.95. The first-order valence-electron chi connectivity index (χ1n) is 6.65. The van der Waals surface area contributed by atoms with Gasteiger partial charge < -0.3 is 9.47 Å². The zero-order valence-electron chi connectivity index (χ0n) is 12.1. The smallest absolute Gasteiger partial charge is 0.253 e. The summed E-state index contributed by atoms with van der Waals surface area (Å²) in [5.41, 5.74) is 2.67. The molecule has 19 heavy (non-hydrogen) atoms. The van der Waals surface area contributed by atoms with Crippen molar-refractivity contribution in [2.24, 2.45) is 5.92 Å². The third-order valence-electron chi connectivity index (χ3n) is 3.22. The summed E-state index contributed by atoms with van der Waals surface area (Å²) in [7, 11) is 3.52. The number of fused-ring (bicyclic) bond motifs is 1. The second kappa shape index (κ2) is 5.43. The minimum atomic E-state index is 0.0126. The van der Waals surface area contributed by atoms with E-state index in [0.29, 0.717) is 11.5 Å². The van der Waals surface area contributed by atoms with Crippen LogP contribution in [0.2, 0.25) is 0 Å². The fourth-order valence-corrected chi connectivity index (χ4v) is 2.03. The summed E-state index contributed by atoms with van der Waals surface area (Å²) in [6, 6.07) is 5.72. The minimum Gasteiger partial charge on any atom is -0.345 e. The standard InChI is InChI=1S/C15H21N3O/c1-11(2)7-8-18-10-16-13-9-12(5-6-14(13)18)15(19)17(3)4/h5-6,9-11H,7-8H2,1-4H3. The van der Waals surface area contributed by atoms with Crippen LogP contribution in [0.25, 0.3) is 11.0 Å². The number of carbonyl (C=O) groups excluding carboxylic acids is 1. The van der Waals surface area contributed by atoms with E-state index in [4.69, 9.17) is 0 Å². The maximum atomic E-state index is 11.9. The summed E-state index contributed by atoms with van der Waals surface area (Å²) in [5.74, 6) is 0.686. The van der Waals surface area contributed by atoms with Gasteiger partial charge in [0.2, 0.25) is 0 Å². The van der Waals surface area contributed by atoms with Gasteiger partial charge in [0.25, 0.3) is 5.91 Å². The van der Waals surface area contributed by atoms with E-state index < -0.39 is 0 Å². The Hall–Kier alpha value is -1.84. The number of rotatable bonds is 4. The van der Waals surface area contributed by atoms with Crippen LogP contribution in [0.4, 0.5) is 0 Å². The van der Waals surface area contributed by atoms with Crippen molar-refractivity contribution in [3.63, 3.8) is 0 Å². The summed E-state index contributed by atoms with van der Waals surface area (Å²) in [4.78, 5) is 17.9. The lowest BCUT2D eigenvalue weighted by atomic mass is 10.1. The number of benzene rings is 1. The molecule has 4 nitrogen and oxygen atoms in total. The molecule has 0 fully saturated rings. The highest BCUT2D eigenvalue weighted by molar-refractivity contribution is 5.97. The molecule has 1 aromatic heterocycles. The number of aryl methyl sites for hydroxylation is 1. The molecule has 0 unspecified atom stereocenters. The quantitative estimate of drug-likeness (QED) is 0.846. The SMILES string of the molecule is CC(C)CCn1cnc2cc(C(=O)N(C)C)ccc21. The van der Waals surface area contributed by atoms with E-state index in [1.807, 2.05) is 24.5 Å².